The van der Waals surface area contributed by atoms with Gasteiger partial charge in [-0.1, -0.05) is 48.0 Å². The molecule has 1 amide bonds. The Balaban J connectivity index is 1.66. The number of pyridine rings is 1. The van der Waals surface area contributed by atoms with Crippen LogP contribution >= 0.6 is 0 Å². The Labute approximate surface area is 193 Å². The Hall–Kier alpha value is -4.14. The number of carbonyl (C=O) groups excluding carboxylic acids is 1. The minimum absolute atomic E-state index is 0.00265. The Morgan fingerprint density at radius 1 is 1.03 bits per heavy atom. The fraction of sp³-hybridized carbons (Fsp3) is 0.160. The summed E-state index contributed by atoms with van der Waals surface area (Å²) in [6.45, 7) is 3.53. The maximum Gasteiger partial charge on any atom is 0.482 e. The number of rotatable bonds is 5. The number of amides is 1. The molecule has 0 saturated heterocycles. The minimum Gasteiger partial charge on any atom is -0.430 e. The third kappa shape index (κ3) is 4.78. The molecule has 4 rings (SSSR count). The standard InChI is InChI=1S/C25H20F3N3O3/c1-15-8-10-18(11-9-15)24-30-21(17-6-4-3-5-7-17)22(34-24)23(32)29-16(2)19-12-13-20(25(26,27)28)31(33)14-19/h3-14,16H,1-2H3,(H-,29,32,33)/p+1/t16-/m1/s1. The van der Waals surface area contributed by atoms with Crippen LogP contribution in [-0.2, 0) is 6.18 Å². The number of aryl methyl sites for hydroxylation is 1. The molecule has 0 aliphatic heterocycles. The van der Waals surface area contributed by atoms with Gasteiger partial charge in [0, 0.05) is 27.5 Å². The molecule has 6 nitrogen and oxygen atoms in total. The normalized spacial score (nSPS) is 12.4. The number of aromatic nitrogens is 2. The zero-order valence-corrected chi connectivity index (χ0v) is 18.3. The lowest BCUT2D eigenvalue weighted by molar-refractivity contribution is -0.915. The first-order valence-corrected chi connectivity index (χ1v) is 10.4. The lowest BCUT2D eigenvalue weighted by Gasteiger charge is -2.13. The lowest BCUT2D eigenvalue weighted by Crippen LogP contribution is -2.40. The lowest BCUT2D eigenvalue weighted by atomic mass is 10.1. The van der Waals surface area contributed by atoms with E-state index in [1.165, 1.54) is 6.07 Å². The molecule has 0 spiro atoms. The molecule has 4 aromatic rings. The van der Waals surface area contributed by atoms with Crippen molar-refractivity contribution in [1.29, 1.82) is 0 Å². The third-order valence-corrected chi connectivity index (χ3v) is 5.27. The van der Waals surface area contributed by atoms with Crippen molar-refractivity contribution in [1.82, 2.24) is 10.3 Å². The molecule has 0 radical (unpaired) electrons. The molecule has 2 aromatic heterocycles. The fourth-order valence-electron chi connectivity index (χ4n) is 3.42. The number of hydrogen-bond donors (Lipinski definition) is 2. The molecule has 0 fully saturated rings. The van der Waals surface area contributed by atoms with Gasteiger partial charge in [0.1, 0.15) is 5.69 Å². The summed E-state index contributed by atoms with van der Waals surface area (Å²) in [7, 11) is 0. The van der Waals surface area contributed by atoms with E-state index in [0.717, 1.165) is 17.8 Å². The van der Waals surface area contributed by atoms with Gasteiger partial charge in [0.25, 0.3) is 5.91 Å². The highest BCUT2D eigenvalue weighted by Gasteiger charge is 2.42. The molecule has 174 valence electrons. The summed E-state index contributed by atoms with van der Waals surface area (Å²) in [5, 5.41) is 12.4. The summed E-state index contributed by atoms with van der Waals surface area (Å²) < 4.78 is 44.6. The van der Waals surface area contributed by atoms with Crippen LogP contribution in [0.3, 0.4) is 0 Å². The zero-order chi connectivity index (χ0) is 24.5. The molecule has 0 aliphatic rings. The number of carbonyl (C=O) groups is 1. The third-order valence-electron chi connectivity index (χ3n) is 5.27. The minimum atomic E-state index is -4.71. The smallest absolute Gasteiger partial charge is 0.430 e. The van der Waals surface area contributed by atoms with Crippen LogP contribution in [0.4, 0.5) is 13.2 Å². The van der Waals surface area contributed by atoms with Crippen molar-refractivity contribution in [2.45, 2.75) is 26.1 Å². The maximum atomic E-state index is 13.1. The van der Waals surface area contributed by atoms with Gasteiger partial charge in [-0.25, -0.2) is 4.98 Å². The molecule has 9 heteroatoms. The van der Waals surface area contributed by atoms with Crippen LogP contribution in [0, 0.1) is 6.92 Å². The van der Waals surface area contributed by atoms with Crippen molar-refractivity contribution in [2.75, 3.05) is 0 Å². The van der Waals surface area contributed by atoms with E-state index in [9.17, 15) is 23.2 Å². The van der Waals surface area contributed by atoms with E-state index in [1.807, 2.05) is 49.4 Å². The Morgan fingerprint density at radius 2 is 1.71 bits per heavy atom. The maximum absolute atomic E-state index is 13.1. The zero-order valence-electron chi connectivity index (χ0n) is 18.3. The van der Waals surface area contributed by atoms with Gasteiger partial charge in [-0.15, -0.1) is 0 Å². The first-order chi connectivity index (χ1) is 16.1. The molecule has 1 atom stereocenters. The summed E-state index contributed by atoms with van der Waals surface area (Å²) >= 11 is 0. The molecule has 2 aromatic carbocycles. The molecule has 0 unspecified atom stereocenters. The van der Waals surface area contributed by atoms with Crippen LogP contribution in [0.25, 0.3) is 22.7 Å². The summed E-state index contributed by atoms with van der Waals surface area (Å²) in [6.07, 6.45) is -3.80. The predicted octanol–water partition coefficient (Wildman–Crippen LogP) is 5.35. The molecule has 2 N–H and O–H groups in total. The van der Waals surface area contributed by atoms with Crippen LogP contribution < -0.4 is 10.0 Å². The molecule has 0 bridgehead atoms. The number of halogens is 3. The van der Waals surface area contributed by atoms with Crippen LogP contribution in [-0.4, -0.2) is 16.1 Å². The van der Waals surface area contributed by atoms with E-state index in [1.54, 1.807) is 19.1 Å². The molecule has 0 aliphatic carbocycles. The highest BCUT2D eigenvalue weighted by molar-refractivity contribution is 5.98. The van der Waals surface area contributed by atoms with E-state index in [0.29, 0.717) is 16.8 Å². The van der Waals surface area contributed by atoms with Gasteiger partial charge < -0.3 is 9.73 Å². The van der Waals surface area contributed by atoms with Crippen molar-refractivity contribution < 1.29 is 32.3 Å². The summed E-state index contributed by atoms with van der Waals surface area (Å²) in [5.74, 6) is -0.363. The van der Waals surface area contributed by atoms with Gasteiger partial charge in [-0.3, -0.25) is 10.0 Å². The van der Waals surface area contributed by atoms with Gasteiger partial charge in [-0.2, -0.15) is 13.2 Å². The first kappa shape index (κ1) is 23.0. The van der Waals surface area contributed by atoms with Crippen molar-refractivity contribution >= 4 is 5.91 Å². The SMILES string of the molecule is Cc1ccc(-c2nc(-c3ccccc3)c(C(=O)N[C@H](C)c3ccc(C(F)(F)F)[n+](O)c3)o2)cc1. The Bertz CT molecular complexity index is 1320. The Kier molecular flexibility index (Phi) is 6.10. The van der Waals surface area contributed by atoms with Gasteiger partial charge in [0.05, 0.1) is 6.04 Å². The first-order valence-electron chi connectivity index (χ1n) is 10.4. The topological polar surface area (TPSA) is 79.2 Å². The molecular formula is C25H21F3N3O3+. The average molecular weight is 468 g/mol. The molecular weight excluding hydrogens is 447 g/mol. The highest BCUT2D eigenvalue weighted by atomic mass is 19.4. The number of benzene rings is 2. The quantitative estimate of drug-likeness (QED) is 0.306. The van der Waals surface area contributed by atoms with Crippen LogP contribution in [0.2, 0.25) is 0 Å². The van der Waals surface area contributed by atoms with Gasteiger partial charge in [-0.05, 0) is 32.0 Å². The summed E-state index contributed by atoms with van der Waals surface area (Å²) in [5.41, 5.74) is 1.81. The van der Waals surface area contributed by atoms with Crippen molar-refractivity contribution in [3.8, 4) is 22.7 Å². The second-order valence-electron chi connectivity index (χ2n) is 7.81. The van der Waals surface area contributed by atoms with Gasteiger partial charge in [0.15, 0.2) is 0 Å². The van der Waals surface area contributed by atoms with Crippen LogP contribution in [0.5, 0.6) is 0 Å². The van der Waals surface area contributed by atoms with E-state index < -0.39 is 23.8 Å². The van der Waals surface area contributed by atoms with Crippen molar-refractivity contribution in [3.63, 3.8) is 0 Å². The second-order valence-corrected chi connectivity index (χ2v) is 7.81. The summed E-state index contributed by atoms with van der Waals surface area (Å²) in [4.78, 5) is 17.7. The van der Waals surface area contributed by atoms with E-state index in [4.69, 9.17) is 4.42 Å². The van der Waals surface area contributed by atoms with Crippen LogP contribution in [0.1, 0.15) is 40.3 Å². The van der Waals surface area contributed by atoms with E-state index >= 15 is 0 Å². The molecule has 0 saturated carbocycles. The number of oxazole rings is 1. The van der Waals surface area contributed by atoms with Crippen molar-refractivity contribution in [2.24, 2.45) is 0 Å². The van der Waals surface area contributed by atoms with E-state index in [2.05, 4.69) is 10.3 Å². The van der Waals surface area contributed by atoms with Gasteiger partial charge in [0.2, 0.25) is 17.8 Å². The number of nitrogens with zero attached hydrogens (tertiary/aromatic N) is 2. The number of hydrogen-bond acceptors (Lipinski definition) is 4. The fourth-order valence-corrected chi connectivity index (χ4v) is 3.42. The van der Waals surface area contributed by atoms with Crippen molar-refractivity contribution in [3.05, 3.63) is 95.5 Å². The van der Waals surface area contributed by atoms with Gasteiger partial charge >= 0.3 is 11.9 Å². The molecule has 34 heavy (non-hydrogen) atoms. The number of alkyl halides is 3. The van der Waals surface area contributed by atoms with Crippen LogP contribution in [0.15, 0.2) is 77.3 Å². The Morgan fingerprint density at radius 3 is 2.32 bits per heavy atom. The monoisotopic (exact) mass is 468 g/mol. The molecule has 2 heterocycles. The average Bonchev–Trinajstić information content (AvgIpc) is 3.25. The van der Waals surface area contributed by atoms with E-state index in [-0.39, 0.29) is 21.9 Å². The second kappa shape index (κ2) is 9.01. The summed E-state index contributed by atoms with van der Waals surface area (Å²) in [6, 6.07) is 17.7. The largest absolute Gasteiger partial charge is 0.482 e. The highest BCUT2D eigenvalue weighted by Crippen LogP contribution is 2.30. The predicted molar refractivity (Wildman–Crippen MR) is 117 cm³/mol. The number of nitrogens with one attached hydrogen (secondary N) is 1.